The van der Waals surface area contributed by atoms with Gasteiger partial charge in [0, 0.05) is 27.7 Å². The number of rotatable bonds is 4. The molecule has 1 saturated heterocycles. The van der Waals surface area contributed by atoms with Gasteiger partial charge in [-0.15, -0.1) is 5.01 Å². The summed E-state index contributed by atoms with van der Waals surface area (Å²) in [7, 11) is 0. The lowest BCUT2D eigenvalue weighted by Crippen LogP contribution is -2.42. The lowest BCUT2D eigenvalue weighted by Gasteiger charge is -2.17. The zero-order chi connectivity index (χ0) is 19.1. The molecule has 0 radical (unpaired) electrons. The van der Waals surface area contributed by atoms with E-state index in [1.54, 1.807) is 13.1 Å². The number of nitrogens with zero attached hydrogens (tertiary/aromatic N) is 3. The largest absolute Gasteiger partial charge is 0.346 e. The van der Waals surface area contributed by atoms with E-state index in [0.717, 1.165) is 27.6 Å². The second-order valence-electron chi connectivity index (χ2n) is 6.62. The van der Waals surface area contributed by atoms with Crippen molar-refractivity contribution in [2.75, 3.05) is 0 Å². The minimum atomic E-state index is -0.894. The van der Waals surface area contributed by atoms with Gasteiger partial charge in [0.05, 0.1) is 6.21 Å². The molecule has 0 spiro atoms. The van der Waals surface area contributed by atoms with Crippen molar-refractivity contribution in [3.63, 3.8) is 0 Å². The summed E-state index contributed by atoms with van der Waals surface area (Å²) >= 11 is 5.96. The monoisotopic (exact) mass is 372 g/mol. The molecule has 1 N–H and O–H groups in total. The average Bonchev–Trinajstić information content (AvgIpc) is 3.00. The molecule has 2 aromatic rings. The van der Waals surface area contributed by atoms with Crippen LogP contribution in [0.25, 0.3) is 5.69 Å². The Balaban J connectivity index is 1.91. The van der Waals surface area contributed by atoms with E-state index in [1.165, 1.54) is 0 Å². The van der Waals surface area contributed by atoms with Crippen molar-refractivity contribution in [3.05, 3.63) is 52.3 Å². The van der Waals surface area contributed by atoms with Crippen LogP contribution in [0.5, 0.6) is 0 Å². The van der Waals surface area contributed by atoms with E-state index in [9.17, 15) is 9.59 Å². The maximum Gasteiger partial charge on any atom is 0.346 e. The summed E-state index contributed by atoms with van der Waals surface area (Å²) in [6.45, 7) is 7.51. The van der Waals surface area contributed by atoms with E-state index in [4.69, 9.17) is 11.6 Å². The summed E-state index contributed by atoms with van der Waals surface area (Å²) in [6.07, 6.45) is 2.06. The molecule has 0 bridgehead atoms. The molecular weight excluding hydrogens is 352 g/mol. The molecule has 7 heteroatoms. The number of benzene rings is 1. The number of imide groups is 1. The molecule has 26 heavy (non-hydrogen) atoms. The summed E-state index contributed by atoms with van der Waals surface area (Å²) in [5.41, 5.74) is 2.90. The van der Waals surface area contributed by atoms with Crippen molar-refractivity contribution in [1.82, 2.24) is 14.9 Å². The van der Waals surface area contributed by atoms with Crippen LogP contribution >= 0.6 is 11.6 Å². The molecule has 0 aliphatic carbocycles. The van der Waals surface area contributed by atoms with Crippen LogP contribution in [0.3, 0.4) is 0 Å². The van der Waals surface area contributed by atoms with Gasteiger partial charge in [-0.25, -0.2) is 4.79 Å². The lowest BCUT2D eigenvalue weighted by atomic mass is 10.00. The molecular formula is C19H21ClN4O2. The summed E-state index contributed by atoms with van der Waals surface area (Å²) in [5.74, 6) is -0.340. The van der Waals surface area contributed by atoms with Crippen LogP contribution in [0.1, 0.15) is 37.2 Å². The first-order valence-corrected chi connectivity index (χ1v) is 8.80. The molecule has 2 heterocycles. The third-order valence-corrected chi connectivity index (χ3v) is 5.07. The number of carbonyl (C=O) groups is 2. The van der Waals surface area contributed by atoms with Gasteiger partial charge in [0.15, 0.2) is 0 Å². The van der Waals surface area contributed by atoms with Gasteiger partial charge in [-0.3, -0.25) is 4.79 Å². The minimum absolute atomic E-state index is 0.340. The third-order valence-electron chi connectivity index (χ3n) is 4.81. The first-order chi connectivity index (χ1) is 12.3. The second kappa shape index (κ2) is 6.61. The third kappa shape index (κ3) is 3.01. The highest BCUT2D eigenvalue weighted by molar-refractivity contribution is 6.30. The summed E-state index contributed by atoms with van der Waals surface area (Å²) in [5, 5.41) is 8.40. The number of nitrogens with one attached hydrogen (secondary N) is 1. The number of urea groups is 1. The zero-order valence-corrected chi connectivity index (χ0v) is 16.0. The van der Waals surface area contributed by atoms with Crippen LogP contribution in [-0.2, 0) is 4.79 Å². The number of hydrogen-bond acceptors (Lipinski definition) is 3. The fourth-order valence-corrected chi connectivity index (χ4v) is 3.16. The highest BCUT2D eigenvalue weighted by atomic mass is 35.5. The number of halogens is 1. The molecule has 1 fully saturated rings. The quantitative estimate of drug-likeness (QED) is 0.655. The molecule has 1 atom stereocenters. The molecule has 0 saturated carbocycles. The Kier molecular flexibility index (Phi) is 4.63. The van der Waals surface area contributed by atoms with Gasteiger partial charge in [0.1, 0.15) is 5.54 Å². The predicted molar refractivity (Wildman–Crippen MR) is 102 cm³/mol. The summed E-state index contributed by atoms with van der Waals surface area (Å²) in [4.78, 5) is 24.5. The van der Waals surface area contributed by atoms with Gasteiger partial charge in [0.2, 0.25) is 0 Å². The van der Waals surface area contributed by atoms with Crippen molar-refractivity contribution in [1.29, 1.82) is 0 Å². The minimum Gasteiger partial charge on any atom is -0.322 e. The van der Waals surface area contributed by atoms with Gasteiger partial charge in [-0.2, -0.15) is 5.10 Å². The van der Waals surface area contributed by atoms with Crippen LogP contribution in [0, 0.1) is 13.8 Å². The van der Waals surface area contributed by atoms with E-state index < -0.39 is 11.6 Å². The number of hydrazone groups is 1. The molecule has 1 aliphatic heterocycles. The van der Waals surface area contributed by atoms with Gasteiger partial charge < -0.3 is 9.88 Å². The van der Waals surface area contributed by atoms with Gasteiger partial charge in [-0.05, 0) is 57.5 Å². The molecule has 136 valence electrons. The van der Waals surface area contributed by atoms with E-state index in [0.29, 0.717) is 11.4 Å². The first-order valence-electron chi connectivity index (χ1n) is 8.42. The van der Waals surface area contributed by atoms with Crippen molar-refractivity contribution >= 4 is 29.8 Å². The highest BCUT2D eigenvalue weighted by Crippen LogP contribution is 2.23. The van der Waals surface area contributed by atoms with Crippen LogP contribution in [0.15, 0.2) is 35.4 Å². The number of carbonyl (C=O) groups excluding carboxylic acids is 2. The van der Waals surface area contributed by atoms with Crippen LogP contribution in [0.2, 0.25) is 5.02 Å². The second-order valence-corrected chi connectivity index (χ2v) is 7.05. The van der Waals surface area contributed by atoms with Crippen molar-refractivity contribution in [2.45, 2.75) is 39.7 Å². The molecule has 6 nitrogen and oxygen atoms in total. The van der Waals surface area contributed by atoms with E-state index in [2.05, 4.69) is 15.0 Å². The Hall–Kier alpha value is -2.60. The summed E-state index contributed by atoms with van der Waals surface area (Å²) in [6, 6.07) is 9.01. The van der Waals surface area contributed by atoms with E-state index in [-0.39, 0.29) is 5.91 Å². The smallest absolute Gasteiger partial charge is 0.322 e. The average molecular weight is 373 g/mol. The first kappa shape index (κ1) is 18.2. The fourth-order valence-electron chi connectivity index (χ4n) is 3.04. The Morgan fingerprint density at radius 1 is 1.23 bits per heavy atom. The standard InChI is InChI=1S/C19H21ClN4O2/c1-5-19(4)17(25)24(18(26)22-19)21-11-14-10-12(2)23(13(14)3)16-8-6-15(20)7-9-16/h6-11H,5H2,1-4H3,(H,22,26). The molecule has 3 rings (SSSR count). The number of amides is 3. The summed E-state index contributed by atoms with van der Waals surface area (Å²) < 4.78 is 2.07. The SMILES string of the molecule is CCC1(C)NC(=O)N(N=Cc2cc(C)n(-c3ccc(Cl)cc3)c2C)C1=O. The molecule has 1 unspecified atom stereocenters. The Morgan fingerprint density at radius 3 is 2.46 bits per heavy atom. The molecule has 1 aromatic heterocycles. The van der Waals surface area contributed by atoms with E-state index in [1.807, 2.05) is 51.1 Å². The van der Waals surface area contributed by atoms with Gasteiger partial charge in [-0.1, -0.05) is 18.5 Å². The highest BCUT2D eigenvalue weighted by Gasteiger charge is 2.46. The van der Waals surface area contributed by atoms with Crippen LogP contribution in [0.4, 0.5) is 4.79 Å². The molecule has 1 aromatic carbocycles. The maximum absolute atomic E-state index is 12.4. The molecule has 3 amide bonds. The normalized spacial score (nSPS) is 20.3. The van der Waals surface area contributed by atoms with Gasteiger partial charge >= 0.3 is 6.03 Å². The topological polar surface area (TPSA) is 66.7 Å². The fraction of sp³-hybridized carbons (Fsp3) is 0.316. The van der Waals surface area contributed by atoms with Crippen LogP contribution < -0.4 is 5.32 Å². The van der Waals surface area contributed by atoms with Crippen molar-refractivity contribution < 1.29 is 9.59 Å². The Bertz CT molecular complexity index is 901. The number of hydrogen-bond donors (Lipinski definition) is 1. The zero-order valence-electron chi connectivity index (χ0n) is 15.2. The number of aromatic nitrogens is 1. The predicted octanol–water partition coefficient (Wildman–Crippen LogP) is 3.80. The van der Waals surface area contributed by atoms with Gasteiger partial charge in [0.25, 0.3) is 5.91 Å². The lowest BCUT2D eigenvalue weighted by molar-refractivity contribution is -0.130. The van der Waals surface area contributed by atoms with E-state index >= 15 is 0 Å². The van der Waals surface area contributed by atoms with Crippen molar-refractivity contribution in [2.24, 2.45) is 5.10 Å². The Labute approximate surface area is 157 Å². The Morgan fingerprint density at radius 2 is 1.88 bits per heavy atom. The number of aryl methyl sites for hydroxylation is 1. The molecule has 1 aliphatic rings. The maximum atomic E-state index is 12.4. The van der Waals surface area contributed by atoms with Crippen molar-refractivity contribution in [3.8, 4) is 5.69 Å². The van der Waals surface area contributed by atoms with Crippen LogP contribution in [-0.4, -0.2) is 33.3 Å².